The van der Waals surface area contributed by atoms with Crippen LogP contribution in [0.15, 0.2) is 24.3 Å². The Hall–Kier alpha value is -1.79. The molecule has 0 aliphatic carbocycles. The molecule has 2 unspecified atom stereocenters. The first kappa shape index (κ1) is 15.6. The Morgan fingerprint density at radius 1 is 1.38 bits per heavy atom. The number of urea groups is 1. The summed E-state index contributed by atoms with van der Waals surface area (Å²) in [6.07, 6.45) is 0.0418. The summed E-state index contributed by atoms with van der Waals surface area (Å²) in [6.45, 7) is 0.268. The highest BCUT2D eigenvalue weighted by Gasteiger charge is 2.41. The zero-order valence-electron chi connectivity index (χ0n) is 11.8. The smallest absolute Gasteiger partial charge is 0.326 e. The van der Waals surface area contributed by atoms with Crippen LogP contribution in [0.4, 0.5) is 10.5 Å². The van der Waals surface area contributed by atoms with Gasteiger partial charge in [0, 0.05) is 37.8 Å². The lowest BCUT2D eigenvalue weighted by atomic mass is 10.2. The molecule has 1 aromatic rings. The number of hydrogen-bond donors (Lipinski definition) is 1. The monoisotopic (exact) mass is 312 g/mol. The Kier molecular flexibility index (Phi) is 4.69. The Bertz CT molecular complexity index is 534. The van der Waals surface area contributed by atoms with Crippen LogP contribution >= 0.6 is 11.6 Å². The van der Waals surface area contributed by atoms with Gasteiger partial charge in [-0.15, -0.1) is 0 Å². The first-order valence-electron chi connectivity index (χ1n) is 6.49. The lowest BCUT2D eigenvalue weighted by Gasteiger charge is -2.27. The molecule has 0 saturated carbocycles. The number of anilines is 1. The minimum Gasteiger partial charge on any atom is -0.480 e. The molecule has 1 N–H and O–H groups in total. The molecule has 1 fully saturated rings. The SMILES string of the molecule is COC1CC(C(=O)O)N(C(=O)N(C)c2ccc(Cl)cc2)C1. The number of rotatable bonds is 3. The van der Waals surface area contributed by atoms with E-state index in [1.165, 1.54) is 16.9 Å². The molecule has 0 spiro atoms. The fourth-order valence-electron chi connectivity index (χ4n) is 2.38. The lowest BCUT2D eigenvalue weighted by molar-refractivity contribution is -0.141. The predicted molar refractivity (Wildman–Crippen MR) is 78.8 cm³/mol. The number of nitrogens with zero attached hydrogens (tertiary/aromatic N) is 2. The van der Waals surface area contributed by atoms with Gasteiger partial charge in [-0.1, -0.05) is 11.6 Å². The molecule has 1 heterocycles. The molecule has 1 aliphatic rings. The summed E-state index contributed by atoms with van der Waals surface area (Å²) < 4.78 is 5.18. The van der Waals surface area contributed by atoms with Crippen molar-refractivity contribution in [3.63, 3.8) is 0 Å². The van der Waals surface area contributed by atoms with Crippen LogP contribution in [-0.2, 0) is 9.53 Å². The highest BCUT2D eigenvalue weighted by molar-refractivity contribution is 6.30. The summed E-state index contributed by atoms with van der Waals surface area (Å²) in [5.41, 5.74) is 0.648. The number of likely N-dealkylation sites (tertiary alicyclic amines) is 1. The summed E-state index contributed by atoms with van der Waals surface area (Å²) in [7, 11) is 3.12. The number of halogens is 1. The molecule has 1 aromatic carbocycles. The minimum absolute atomic E-state index is 0.256. The van der Waals surface area contributed by atoms with Gasteiger partial charge in [0.05, 0.1) is 6.10 Å². The number of amides is 2. The summed E-state index contributed by atoms with van der Waals surface area (Å²) in [4.78, 5) is 26.5. The summed E-state index contributed by atoms with van der Waals surface area (Å²) in [5.74, 6) is -1.02. The Morgan fingerprint density at radius 2 is 2.00 bits per heavy atom. The Labute approximate surface area is 127 Å². The van der Waals surface area contributed by atoms with Crippen molar-refractivity contribution in [3.05, 3.63) is 29.3 Å². The first-order valence-corrected chi connectivity index (χ1v) is 6.87. The molecular weight excluding hydrogens is 296 g/mol. The van der Waals surface area contributed by atoms with E-state index in [2.05, 4.69) is 0 Å². The van der Waals surface area contributed by atoms with E-state index < -0.39 is 12.0 Å². The van der Waals surface area contributed by atoms with Crippen molar-refractivity contribution in [2.24, 2.45) is 0 Å². The third-order valence-corrected chi connectivity index (χ3v) is 3.88. The molecule has 2 amide bonds. The highest BCUT2D eigenvalue weighted by atomic mass is 35.5. The molecule has 2 rings (SSSR count). The normalized spacial score (nSPS) is 21.4. The second kappa shape index (κ2) is 6.32. The van der Waals surface area contributed by atoms with Crippen molar-refractivity contribution in [2.75, 3.05) is 25.6 Å². The van der Waals surface area contributed by atoms with E-state index in [-0.39, 0.29) is 18.7 Å². The van der Waals surface area contributed by atoms with Gasteiger partial charge >= 0.3 is 12.0 Å². The van der Waals surface area contributed by atoms with Crippen molar-refractivity contribution in [1.29, 1.82) is 0 Å². The van der Waals surface area contributed by atoms with E-state index in [9.17, 15) is 14.7 Å². The molecule has 6 nitrogen and oxygen atoms in total. The van der Waals surface area contributed by atoms with Gasteiger partial charge in [-0.05, 0) is 24.3 Å². The minimum atomic E-state index is -1.02. The van der Waals surface area contributed by atoms with Gasteiger partial charge in [-0.2, -0.15) is 0 Å². The maximum Gasteiger partial charge on any atom is 0.326 e. The average Bonchev–Trinajstić information content (AvgIpc) is 2.91. The number of benzene rings is 1. The maximum atomic E-state index is 12.5. The quantitative estimate of drug-likeness (QED) is 0.927. The van der Waals surface area contributed by atoms with Gasteiger partial charge in [-0.3, -0.25) is 4.90 Å². The molecule has 7 heteroatoms. The number of methoxy groups -OCH3 is 1. The number of carbonyl (C=O) groups is 2. The van der Waals surface area contributed by atoms with E-state index in [1.807, 2.05) is 0 Å². The fourth-order valence-corrected chi connectivity index (χ4v) is 2.51. The second-order valence-electron chi connectivity index (χ2n) is 4.92. The molecule has 1 aliphatic heterocycles. The molecule has 1 saturated heterocycles. The molecule has 0 bridgehead atoms. The van der Waals surface area contributed by atoms with Crippen molar-refractivity contribution in [2.45, 2.75) is 18.6 Å². The third-order valence-electron chi connectivity index (χ3n) is 3.63. The van der Waals surface area contributed by atoms with Crippen LogP contribution in [0.3, 0.4) is 0 Å². The largest absolute Gasteiger partial charge is 0.480 e. The molecule has 2 atom stereocenters. The van der Waals surface area contributed by atoms with Crippen molar-refractivity contribution < 1.29 is 19.4 Å². The van der Waals surface area contributed by atoms with E-state index >= 15 is 0 Å². The Balaban J connectivity index is 2.17. The zero-order valence-corrected chi connectivity index (χ0v) is 12.6. The van der Waals surface area contributed by atoms with Crippen LogP contribution in [0.5, 0.6) is 0 Å². The van der Waals surface area contributed by atoms with E-state index in [4.69, 9.17) is 16.3 Å². The van der Waals surface area contributed by atoms with Gasteiger partial charge in [-0.25, -0.2) is 9.59 Å². The molecule has 0 radical (unpaired) electrons. The van der Waals surface area contributed by atoms with Crippen LogP contribution in [0.25, 0.3) is 0 Å². The van der Waals surface area contributed by atoms with Crippen molar-refractivity contribution in [3.8, 4) is 0 Å². The summed E-state index contributed by atoms with van der Waals surface area (Å²) >= 11 is 5.82. The number of aliphatic carboxylic acids is 1. The fraction of sp³-hybridized carbons (Fsp3) is 0.429. The van der Waals surface area contributed by atoms with Gasteiger partial charge < -0.3 is 14.7 Å². The lowest BCUT2D eigenvalue weighted by Crippen LogP contribution is -2.47. The predicted octanol–water partition coefficient (Wildman–Crippen LogP) is 2.07. The summed E-state index contributed by atoms with van der Waals surface area (Å²) in [6, 6.07) is 5.54. The second-order valence-corrected chi connectivity index (χ2v) is 5.35. The summed E-state index contributed by atoms with van der Waals surface area (Å²) in [5, 5.41) is 9.82. The molecule has 114 valence electrons. The number of carboxylic acids is 1. The van der Waals surface area contributed by atoms with E-state index in [1.54, 1.807) is 31.3 Å². The van der Waals surface area contributed by atoms with Gasteiger partial charge in [0.2, 0.25) is 0 Å². The first-order chi connectivity index (χ1) is 9.93. The van der Waals surface area contributed by atoms with Crippen LogP contribution in [0.1, 0.15) is 6.42 Å². The molecule has 21 heavy (non-hydrogen) atoms. The number of hydrogen-bond acceptors (Lipinski definition) is 3. The molecule has 0 aromatic heterocycles. The van der Waals surface area contributed by atoms with Gasteiger partial charge in [0.15, 0.2) is 0 Å². The van der Waals surface area contributed by atoms with E-state index in [0.29, 0.717) is 17.1 Å². The number of ether oxygens (including phenoxy) is 1. The van der Waals surface area contributed by atoms with Crippen molar-refractivity contribution >= 4 is 29.3 Å². The number of carboxylic acid groups (broad SMARTS) is 1. The maximum absolute atomic E-state index is 12.5. The highest BCUT2D eigenvalue weighted by Crippen LogP contribution is 2.24. The standard InChI is InChI=1S/C14H17ClN2O4/c1-16(10-5-3-9(15)4-6-10)14(20)17-8-11(21-2)7-12(17)13(18)19/h3-6,11-12H,7-8H2,1-2H3,(H,18,19). The topological polar surface area (TPSA) is 70.1 Å². The van der Waals surface area contributed by atoms with Crippen molar-refractivity contribution in [1.82, 2.24) is 4.90 Å². The van der Waals surface area contributed by atoms with E-state index in [0.717, 1.165) is 0 Å². The van der Waals surface area contributed by atoms with Gasteiger partial charge in [0.25, 0.3) is 0 Å². The average molecular weight is 313 g/mol. The van der Waals surface area contributed by atoms with Gasteiger partial charge in [0.1, 0.15) is 6.04 Å². The van der Waals surface area contributed by atoms with Crippen LogP contribution in [-0.4, -0.2) is 54.9 Å². The molecular formula is C14H17ClN2O4. The van der Waals surface area contributed by atoms with Crippen LogP contribution in [0.2, 0.25) is 5.02 Å². The third kappa shape index (κ3) is 3.28. The number of carbonyl (C=O) groups excluding carboxylic acids is 1. The van der Waals surface area contributed by atoms with Crippen LogP contribution in [0, 0.1) is 0 Å². The zero-order chi connectivity index (χ0) is 15.6. The Morgan fingerprint density at radius 3 is 2.52 bits per heavy atom. The van der Waals surface area contributed by atoms with Crippen LogP contribution < -0.4 is 4.90 Å².